The number of dihydropyridines is 1. The Kier molecular flexibility index (Phi) is 6.61. The van der Waals surface area contributed by atoms with Crippen LogP contribution in [0.4, 0.5) is 0 Å². The highest BCUT2D eigenvalue weighted by molar-refractivity contribution is 7.10. The number of methoxy groups -OCH3 is 3. The van der Waals surface area contributed by atoms with Crippen LogP contribution in [0.5, 0.6) is 5.75 Å². The number of rotatable bonds is 5. The van der Waals surface area contributed by atoms with E-state index in [0.29, 0.717) is 34.7 Å². The summed E-state index contributed by atoms with van der Waals surface area (Å²) in [5.74, 6) is -2.81. The molecule has 0 amide bonds. The third-order valence-electron chi connectivity index (χ3n) is 6.59. The van der Waals surface area contributed by atoms with Crippen molar-refractivity contribution in [1.29, 1.82) is 0 Å². The molecule has 0 spiro atoms. The lowest BCUT2D eigenvalue weighted by molar-refractivity contribution is -0.150. The van der Waals surface area contributed by atoms with Crippen molar-refractivity contribution in [2.75, 3.05) is 21.3 Å². The van der Waals surface area contributed by atoms with Crippen LogP contribution in [-0.2, 0) is 23.9 Å². The molecule has 1 aliphatic heterocycles. The number of hydrogen-bond acceptors (Lipinski definition) is 8. The van der Waals surface area contributed by atoms with E-state index in [1.807, 2.05) is 49.6 Å². The summed E-state index contributed by atoms with van der Waals surface area (Å²) in [4.78, 5) is 40.7. The van der Waals surface area contributed by atoms with E-state index in [9.17, 15) is 14.4 Å². The molecule has 0 unspecified atom stereocenters. The maximum absolute atomic E-state index is 14.1. The molecule has 3 atom stereocenters. The minimum Gasteiger partial charge on any atom is -0.497 e. The molecular weight excluding hydrogens is 454 g/mol. The minimum atomic E-state index is -1.03. The third kappa shape index (κ3) is 3.92. The number of nitrogens with one attached hydrogen (secondary N) is 1. The van der Waals surface area contributed by atoms with Crippen molar-refractivity contribution in [2.24, 2.45) is 5.92 Å². The zero-order valence-corrected chi connectivity index (χ0v) is 20.6. The molecule has 178 valence electrons. The highest BCUT2D eigenvalue weighted by atomic mass is 32.1. The highest BCUT2D eigenvalue weighted by Crippen LogP contribution is 2.49. The number of ketones is 1. The van der Waals surface area contributed by atoms with Crippen molar-refractivity contribution in [2.45, 2.75) is 32.1 Å². The molecule has 1 N–H and O–H groups in total. The van der Waals surface area contributed by atoms with Crippen LogP contribution < -0.4 is 10.1 Å². The fourth-order valence-corrected chi connectivity index (χ4v) is 5.96. The summed E-state index contributed by atoms with van der Waals surface area (Å²) in [5, 5.41) is 5.22. The second-order valence-electron chi connectivity index (χ2n) is 8.40. The number of carbonyl (C=O) groups excluding carboxylic acids is 3. The second-order valence-corrected chi connectivity index (χ2v) is 9.34. The van der Waals surface area contributed by atoms with Gasteiger partial charge >= 0.3 is 11.9 Å². The van der Waals surface area contributed by atoms with E-state index in [4.69, 9.17) is 14.2 Å². The summed E-state index contributed by atoms with van der Waals surface area (Å²) >= 11 is 1.48. The Morgan fingerprint density at radius 3 is 2.29 bits per heavy atom. The average molecular weight is 482 g/mol. The molecule has 0 saturated carbocycles. The molecule has 2 aliphatic rings. The van der Waals surface area contributed by atoms with Gasteiger partial charge in [0.2, 0.25) is 0 Å². The highest BCUT2D eigenvalue weighted by Gasteiger charge is 2.49. The van der Waals surface area contributed by atoms with Crippen molar-refractivity contribution in [1.82, 2.24) is 5.32 Å². The van der Waals surface area contributed by atoms with Gasteiger partial charge in [0.05, 0.1) is 32.8 Å². The normalized spacial score (nSPS) is 22.1. The fourth-order valence-electron chi connectivity index (χ4n) is 4.92. The van der Waals surface area contributed by atoms with Crippen molar-refractivity contribution in [3.8, 4) is 5.75 Å². The summed E-state index contributed by atoms with van der Waals surface area (Å²) in [6, 6.07) is 9.31. The molecule has 0 saturated heterocycles. The van der Waals surface area contributed by atoms with Crippen LogP contribution in [0.25, 0.3) is 0 Å². The monoisotopic (exact) mass is 481 g/mol. The number of Topliss-reactive ketones (excluding diaryl/α,β-unsaturated/α-hetero) is 1. The van der Waals surface area contributed by atoms with Gasteiger partial charge in [0, 0.05) is 27.8 Å². The van der Waals surface area contributed by atoms with E-state index in [0.717, 1.165) is 16.0 Å². The molecule has 4 rings (SSSR count). The first-order chi connectivity index (χ1) is 16.3. The molecule has 7 nitrogen and oxygen atoms in total. The molecule has 2 aromatic rings. The van der Waals surface area contributed by atoms with Gasteiger partial charge in [0.25, 0.3) is 0 Å². The molecule has 8 heteroatoms. The van der Waals surface area contributed by atoms with E-state index in [1.165, 1.54) is 25.6 Å². The van der Waals surface area contributed by atoms with Crippen LogP contribution in [0.3, 0.4) is 0 Å². The van der Waals surface area contributed by atoms with Crippen LogP contribution in [0.1, 0.15) is 41.2 Å². The molecule has 0 radical (unpaired) electrons. The number of esters is 2. The Bertz CT molecular complexity index is 1210. The largest absolute Gasteiger partial charge is 0.497 e. The molecule has 2 heterocycles. The topological polar surface area (TPSA) is 90.9 Å². The van der Waals surface area contributed by atoms with Gasteiger partial charge in [0.15, 0.2) is 5.78 Å². The molecule has 34 heavy (non-hydrogen) atoms. The van der Waals surface area contributed by atoms with Crippen LogP contribution in [-0.4, -0.2) is 39.1 Å². The van der Waals surface area contributed by atoms with Gasteiger partial charge in [-0.1, -0.05) is 12.1 Å². The van der Waals surface area contributed by atoms with Crippen molar-refractivity contribution < 1.29 is 28.6 Å². The van der Waals surface area contributed by atoms with Crippen molar-refractivity contribution in [3.05, 3.63) is 74.3 Å². The molecule has 1 aromatic carbocycles. The van der Waals surface area contributed by atoms with E-state index in [1.54, 1.807) is 7.11 Å². The number of thiophene rings is 1. The maximum atomic E-state index is 14.1. The van der Waals surface area contributed by atoms with Crippen molar-refractivity contribution >= 4 is 29.1 Å². The Hall–Kier alpha value is -3.39. The van der Waals surface area contributed by atoms with Crippen LogP contribution >= 0.6 is 11.3 Å². The van der Waals surface area contributed by atoms with Crippen molar-refractivity contribution in [3.63, 3.8) is 0 Å². The quantitative estimate of drug-likeness (QED) is 0.510. The van der Waals surface area contributed by atoms with Gasteiger partial charge in [-0.15, -0.1) is 11.3 Å². The number of carbonyl (C=O) groups is 3. The zero-order chi connectivity index (χ0) is 24.6. The van der Waals surface area contributed by atoms with Gasteiger partial charge in [-0.25, -0.2) is 4.79 Å². The first kappa shape index (κ1) is 23.8. The summed E-state index contributed by atoms with van der Waals surface area (Å²) in [7, 11) is 4.19. The smallest absolute Gasteiger partial charge is 0.336 e. The van der Waals surface area contributed by atoms with Gasteiger partial charge in [-0.3, -0.25) is 9.59 Å². The first-order valence-electron chi connectivity index (χ1n) is 10.9. The van der Waals surface area contributed by atoms with E-state index in [2.05, 4.69) is 5.32 Å². The molecule has 1 aliphatic carbocycles. The van der Waals surface area contributed by atoms with Gasteiger partial charge < -0.3 is 19.5 Å². The summed E-state index contributed by atoms with van der Waals surface area (Å²) in [6.07, 6.45) is 0.417. The standard InChI is InChI=1S/C26H27NO6S/c1-13-10-11-34-24(13)22-19(25(29)32-4)14(2)27-18-12-17(15-6-8-16(31-3)9-7-15)20(26(30)33-5)23(28)21(18)22/h6-11,17,20,22,27H,12H2,1-5H3/t17-,20+,22+/m0/s1. The first-order valence-corrected chi connectivity index (χ1v) is 11.8. The number of benzene rings is 1. The van der Waals surface area contributed by atoms with Crippen LogP contribution in [0, 0.1) is 12.8 Å². The molecule has 1 aromatic heterocycles. The lowest BCUT2D eigenvalue weighted by Gasteiger charge is -2.39. The van der Waals surface area contributed by atoms with E-state index in [-0.39, 0.29) is 5.78 Å². The van der Waals surface area contributed by atoms with Crippen LogP contribution in [0.2, 0.25) is 0 Å². The SMILES string of the molecule is COC(=O)C1=C(C)NC2=C(C(=O)[C@H](C(=O)OC)[C@H](c3ccc(OC)cc3)C2)[C@@H]1c1sccc1C. The van der Waals surface area contributed by atoms with Gasteiger partial charge in [0.1, 0.15) is 11.7 Å². The fraction of sp³-hybridized carbons (Fsp3) is 0.346. The minimum absolute atomic E-state index is 0.340. The molecule has 0 fully saturated rings. The molecular formula is C26H27NO6S. The van der Waals surface area contributed by atoms with Crippen LogP contribution in [0.15, 0.2) is 58.3 Å². The summed E-state index contributed by atoms with van der Waals surface area (Å²) in [5.41, 5.74) is 3.97. The van der Waals surface area contributed by atoms with E-state index < -0.39 is 29.7 Å². The predicted octanol–water partition coefficient (Wildman–Crippen LogP) is 4.00. The third-order valence-corrected chi connectivity index (χ3v) is 7.67. The Morgan fingerprint density at radius 1 is 1.03 bits per heavy atom. The summed E-state index contributed by atoms with van der Waals surface area (Å²) < 4.78 is 15.4. The van der Waals surface area contributed by atoms with Gasteiger partial charge in [-0.2, -0.15) is 0 Å². The predicted molar refractivity (Wildman–Crippen MR) is 128 cm³/mol. The maximum Gasteiger partial charge on any atom is 0.336 e. The lowest BCUT2D eigenvalue weighted by atomic mass is 9.68. The second kappa shape index (κ2) is 9.46. The number of aryl methyl sites for hydroxylation is 1. The number of ether oxygens (including phenoxy) is 3. The van der Waals surface area contributed by atoms with Gasteiger partial charge in [-0.05, 0) is 55.0 Å². The van der Waals surface area contributed by atoms with E-state index >= 15 is 0 Å². The number of hydrogen-bond donors (Lipinski definition) is 1. The lowest BCUT2D eigenvalue weighted by Crippen LogP contribution is -2.43. The summed E-state index contributed by atoms with van der Waals surface area (Å²) in [6.45, 7) is 3.76. The molecule has 0 bridgehead atoms. The average Bonchev–Trinajstić information content (AvgIpc) is 3.27. The Labute approximate surface area is 202 Å². The zero-order valence-electron chi connectivity index (χ0n) is 19.8. The Balaban J connectivity index is 1.89. The number of allylic oxidation sites excluding steroid dienone is 3. The Morgan fingerprint density at radius 2 is 1.74 bits per heavy atom.